The molecule has 0 aromatic rings. The smallest absolute Gasteiger partial charge is 0.465 e. The van der Waals surface area contributed by atoms with Crippen LogP contribution in [0.5, 0.6) is 0 Å². The SMILES string of the molecule is CCCCCCCCC(CCCCCCCC)OC(=O)CCCC(=O)OCC(COC(=O)CCCC(=O)OC(CCCCCCCC)CCCCCCCC)COC(=O)OCCCN1CCCC1. The van der Waals surface area contributed by atoms with Crippen LogP contribution >= 0.6 is 0 Å². The molecule has 0 radical (unpaired) electrons. The lowest BCUT2D eigenvalue weighted by atomic mass is 10.0. The van der Waals surface area contributed by atoms with Crippen molar-refractivity contribution in [1.29, 1.82) is 0 Å². The van der Waals surface area contributed by atoms with Crippen LogP contribution < -0.4 is 0 Å². The van der Waals surface area contributed by atoms with E-state index in [1.807, 2.05) is 0 Å². The molecule has 1 saturated heterocycles. The molecule has 0 unspecified atom stereocenters. The van der Waals surface area contributed by atoms with E-state index in [-0.39, 0.29) is 76.3 Å². The fourth-order valence-electron chi connectivity index (χ4n) is 8.77. The maximum atomic E-state index is 12.9. The lowest BCUT2D eigenvalue weighted by Gasteiger charge is -2.19. The van der Waals surface area contributed by atoms with Gasteiger partial charge in [-0.05, 0) is 96.6 Å². The topological polar surface area (TPSA) is 144 Å². The Balaban J connectivity index is 2.64. The molecule has 0 amide bonds. The average molecular weight is 966 g/mol. The van der Waals surface area contributed by atoms with Gasteiger partial charge in [-0.1, -0.05) is 156 Å². The summed E-state index contributed by atoms with van der Waals surface area (Å²) in [4.78, 5) is 66.3. The summed E-state index contributed by atoms with van der Waals surface area (Å²) in [5.41, 5.74) is 0. The van der Waals surface area contributed by atoms with Gasteiger partial charge in [-0.25, -0.2) is 4.79 Å². The molecule has 68 heavy (non-hydrogen) atoms. The second-order valence-corrected chi connectivity index (χ2v) is 19.7. The van der Waals surface area contributed by atoms with Gasteiger partial charge < -0.3 is 33.3 Å². The van der Waals surface area contributed by atoms with Gasteiger partial charge in [-0.15, -0.1) is 0 Å². The third-order valence-electron chi connectivity index (χ3n) is 13.1. The molecule has 0 atom stereocenters. The number of nitrogens with zero attached hydrogens (tertiary/aromatic N) is 1. The van der Waals surface area contributed by atoms with Crippen molar-refractivity contribution in [2.75, 3.05) is 46.1 Å². The maximum absolute atomic E-state index is 12.9. The van der Waals surface area contributed by atoms with Crippen molar-refractivity contribution in [2.45, 2.75) is 277 Å². The molecule has 0 N–H and O–H groups in total. The molecule has 1 fully saturated rings. The van der Waals surface area contributed by atoms with Crippen LogP contribution in [0, 0.1) is 5.92 Å². The van der Waals surface area contributed by atoms with Crippen molar-refractivity contribution in [3.05, 3.63) is 0 Å². The highest BCUT2D eigenvalue weighted by Crippen LogP contribution is 2.20. The first-order valence-corrected chi connectivity index (χ1v) is 28.4. The first kappa shape index (κ1) is 63.1. The molecular formula is C56H103NO11. The lowest BCUT2D eigenvalue weighted by molar-refractivity contribution is -0.151. The normalized spacial score (nSPS) is 12.8. The third-order valence-corrected chi connectivity index (χ3v) is 13.1. The van der Waals surface area contributed by atoms with E-state index >= 15 is 0 Å². The van der Waals surface area contributed by atoms with E-state index in [9.17, 15) is 24.0 Å². The number of hydrogen-bond acceptors (Lipinski definition) is 12. The minimum Gasteiger partial charge on any atom is -0.465 e. The second kappa shape index (κ2) is 46.5. The van der Waals surface area contributed by atoms with Crippen LogP contribution in [-0.4, -0.2) is 93.2 Å². The van der Waals surface area contributed by atoms with Crippen molar-refractivity contribution in [3.8, 4) is 0 Å². The molecule has 0 aliphatic carbocycles. The van der Waals surface area contributed by atoms with E-state index in [0.29, 0.717) is 19.3 Å². The van der Waals surface area contributed by atoms with Crippen molar-refractivity contribution in [1.82, 2.24) is 4.90 Å². The zero-order valence-electron chi connectivity index (χ0n) is 44.3. The highest BCUT2D eigenvalue weighted by Gasteiger charge is 2.21. The van der Waals surface area contributed by atoms with Gasteiger partial charge in [0.05, 0.1) is 12.5 Å². The van der Waals surface area contributed by atoms with Crippen LogP contribution in [0.3, 0.4) is 0 Å². The summed E-state index contributed by atoms with van der Waals surface area (Å²) in [6.45, 7) is 11.6. The van der Waals surface area contributed by atoms with E-state index in [2.05, 4.69) is 32.6 Å². The van der Waals surface area contributed by atoms with Crippen LogP contribution in [-0.2, 0) is 47.6 Å². The Kier molecular flexibility index (Phi) is 43.2. The highest BCUT2D eigenvalue weighted by atomic mass is 16.7. The molecular weight excluding hydrogens is 863 g/mol. The largest absolute Gasteiger partial charge is 0.508 e. The Morgan fingerprint density at radius 2 is 0.721 bits per heavy atom. The monoisotopic (exact) mass is 966 g/mol. The van der Waals surface area contributed by atoms with Gasteiger partial charge >= 0.3 is 30.0 Å². The predicted molar refractivity (Wildman–Crippen MR) is 272 cm³/mol. The Bertz CT molecular complexity index is 1120. The number of rotatable bonds is 48. The van der Waals surface area contributed by atoms with Crippen molar-refractivity contribution in [2.24, 2.45) is 5.92 Å². The lowest BCUT2D eigenvalue weighted by Crippen LogP contribution is -2.27. The van der Waals surface area contributed by atoms with E-state index in [0.717, 1.165) is 96.7 Å². The van der Waals surface area contributed by atoms with Crippen molar-refractivity contribution < 1.29 is 52.4 Å². The molecule has 12 heteroatoms. The molecule has 1 heterocycles. The summed E-state index contributed by atoms with van der Waals surface area (Å²) >= 11 is 0. The van der Waals surface area contributed by atoms with Gasteiger partial charge in [-0.3, -0.25) is 19.2 Å². The number of carbonyl (C=O) groups excluding carboxylic acids is 5. The number of esters is 4. The summed E-state index contributed by atoms with van der Waals surface area (Å²) in [5, 5.41) is 0. The molecule has 0 bridgehead atoms. The van der Waals surface area contributed by atoms with Crippen LogP contribution in [0.1, 0.15) is 265 Å². The fraction of sp³-hybridized carbons (Fsp3) is 0.911. The summed E-state index contributed by atoms with van der Waals surface area (Å²) in [5.74, 6) is -2.21. The third kappa shape index (κ3) is 39.9. The molecule has 0 aromatic heterocycles. The van der Waals surface area contributed by atoms with E-state index < -0.39 is 24.0 Å². The zero-order valence-corrected chi connectivity index (χ0v) is 44.3. The van der Waals surface area contributed by atoms with Crippen LogP contribution in [0.4, 0.5) is 4.79 Å². The van der Waals surface area contributed by atoms with Gasteiger partial charge in [-0.2, -0.15) is 0 Å². The molecule has 1 aliphatic rings. The van der Waals surface area contributed by atoms with E-state index in [1.165, 1.54) is 116 Å². The standard InChI is InChI=1S/C56H103NO11/c1-5-9-13-17-21-25-34-50(35-26-22-18-14-10-6-2)67-54(60)40-31-38-52(58)64-46-49(48-66-56(62)63-45-33-44-57-42-29-30-43-57)47-65-53(59)39-32-41-55(61)68-51(36-27-23-19-15-11-7-3)37-28-24-20-16-12-8-4/h49-51H,5-48H2,1-4H3. The molecule has 0 saturated carbocycles. The molecule has 0 spiro atoms. The van der Waals surface area contributed by atoms with E-state index in [1.54, 1.807) is 0 Å². The minimum atomic E-state index is -0.830. The van der Waals surface area contributed by atoms with Crippen LogP contribution in [0.2, 0.25) is 0 Å². The number of likely N-dealkylation sites (tertiary alicyclic amines) is 1. The van der Waals surface area contributed by atoms with Crippen molar-refractivity contribution >= 4 is 30.0 Å². The van der Waals surface area contributed by atoms with Gasteiger partial charge in [0, 0.05) is 32.2 Å². The molecule has 398 valence electrons. The number of ether oxygens (including phenoxy) is 6. The fourth-order valence-corrected chi connectivity index (χ4v) is 8.77. The first-order valence-electron chi connectivity index (χ1n) is 28.4. The van der Waals surface area contributed by atoms with Gasteiger partial charge in [0.1, 0.15) is 32.0 Å². The molecule has 12 nitrogen and oxygen atoms in total. The Morgan fingerprint density at radius 1 is 0.382 bits per heavy atom. The van der Waals surface area contributed by atoms with E-state index in [4.69, 9.17) is 28.4 Å². The van der Waals surface area contributed by atoms with Crippen LogP contribution in [0.15, 0.2) is 0 Å². The quantitative estimate of drug-likeness (QED) is 0.0325. The Labute approximate surface area is 415 Å². The number of hydrogen-bond donors (Lipinski definition) is 0. The minimum absolute atomic E-state index is 0.0237. The second-order valence-electron chi connectivity index (χ2n) is 19.7. The summed E-state index contributed by atoms with van der Waals surface area (Å²) < 4.78 is 33.6. The van der Waals surface area contributed by atoms with Crippen molar-refractivity contribution in [3.63, 3.8) is 0 Å². The number of carbonyl (C=O) groups is 5. The first-order chi connectivity index (χ1) is 33.2. The van der Waals surface area contributed by atoms with Gasteiger partial charge in [0.25, 0.3) is 0 Å². The Hall–Kier alpha value is -2.89. The molecule has 1 rings (SSSR count). The zero-order chi connectivity index (χ0) is 49.6. The average Bonchev–Trinajstić information content (AvgIpc) is 3.85. The van der Waals surface area contributed by atoms with Gasteiger partial charge in [0.2, 0.25) is 0 Å². The summed E-state index contributed by atoms with van der Waals surface area (Å²) in [6.07, 6.45) is 35.0. The molecule has 0 aromatic carbocycles. The Morgan fingerprint density at radius 3 is 1.10 bits per heavy atom. The van der Waals surface area contributed by atoms with Gasteiger partial charge in [0.15, 0.2) is 0 Å². The highest BCUT2D eigenvalue weighted by molar-refractivity contribution is 5.73. The maximum Gasteiger partial charge on any atom is 0.508 e. The predicted octanol–water partition coefficient (Wildman–Crippen LogP) is 14.5. The number of unbranched alkanes of at least 4 members (excludes halogenated alkanes) is 20. The molecule has 1 aliphatic heterocycles. The summed E-state index contributed by atoms with van der Waals surface area (Å²) in [6, 6.07) is 0. The van der Waals surface area contributed by atoms with Crippen LogP contribution in [0.25, 0.3) is 0 Å². The summed E-state index contributed by atoms with van der Waals surface area (Å²) in [7, 11) is 0.